The molecular weight excluding hydrogens is 338 g/mol. The number of carbonyl (C=O) groups excluding carboxylic acids is 1. The SMILES string of the molecule is COc1ccc([C@@H](C[N+](=O)[O-])[C@H]2Cc3ccccc3OC2=O)c(OC)c1. The minimum Gasteiger partial charge on any atom is -0.497 e. The maximum absolute atomic E-state index is 12.6. The lowest BCUT2D eigenvalue weighted by Crippen LogP contribution is -2.35. The highest BCUT2D eigenvalue weighted by Gasteiger charge is 2.39. The minimum absolute atomic E-state index is 0.378. The van der Waals surface area contributed by atoms with Crippen molar-refractivity contribution in [3.63, 3.8) is 0 Å². The van der Waals surface area contributed by atoms with Gasteiger partial charge in [0.1, 0.15) is 17.2 Å². The first-order chi connectivity index (χ1) is 12.5. The Hall–Kier alpha value is -3.09. The molecule has 2 aromatic rings. The van der Waals surface area contributed by atoms with Crippen molar-refractivity contribution in [2.24, 2.45) is 5.92 Å². The third-order valence-electron chi connectivity index (χ3n) is 4.60. The van der Waals surface area contributed by atoms with Crippen LogP contribution in [0.4, 0.5) is 0 Å². The van der Waals surface area contributed by atoms with E-state index in [9.17, 15) is 14.9 Å². The van der Waals surface area contributed by atoms with Crippen molar-refractivity contribution in [3.05, 3.63) is 63.7 Å². The van der Waals surface area contributed by atoms with Gasteiger partial charge >= 0.3 is 5.97 Å². The molecule has 26 heavy (non-hydrogen) atoms. The Labute approximate surface area is 150 Å². The fraction of sp³-hybridized carbons (Fsp3) is 0.316. The van der Waals surface area contributed by atoms with Crippen molar-refractivity contribution < 1.29 is 23.9 Å². The van der Waals surface area contributed by atoms with Crippen molar-refractivity contribution in [1.29, 1.82) is 0 Å². The first-order valence-corrected chi connectivity index (χ1v) is 8.16. The molecule has 0 unspecified atom stereocenters. The molecule has 0 bridgehead atoms. The van der Waals surface area contributed by atoms with E-state index in [2.05, 4.69) is 0 Å². The van der Waals surface area contributed by atoms with Crippen LogP contribution in [0.3, 0.4) is 0 Å². The lowest BCUT2D eigenvalue weighted by molar-refractivity contribution is -0.484. The summed E-state index contributed by atoms with van der Waals surface area (Å²) in [6.07, 6.45) is 0.378. The molecule has 1 aliphatic rings. The zero-order chi connectivity index (χ0) is 18.7. The van der Waals surface area contributed by atoms with E-state index in [0.29, 0.717) is 29.2 Å². The number of esters is 1. The summed E-state index contributed by atoms with van der Waals surface area (Å²) in [7, 11) is 3.01. The van der Waals surface area contributed by atoms with Crippen molar-refractivity contribution in [2.45, 2.75) is 12.3 Å². The van der Waals surface area contributed by atoms with E-state index in [-0.39, 0.29) is 0 Å². The highest BCUT2D eigenvalue weighted by Crippen LogP contribution is 2.40. The molecule has 136 valence electrons. The third-order valence-corrected chi connectivity index (χ3v) is 4.60. The zero-order valence-corrected chi connectivity index (χ0v) is 14.5. The number of ether oxygens (including phenoxy) is 3. The lowest BCUT2D eigenvalue weighted by atomic mass is 9.80. The number of hydrogen-bond donors (Lipinski definition) is 0. The van der Waals surface area contributed by atoms with Gasteiger partial charge in [-0.2, -0.15) is 0 Å². The van der Waals surface area contributed by atoms with Gasteiger partial charge in [-0.25, -0.2) is 0 Å². The Kier molecular flexibility index (Phi) is 5.06. The normalized spacial score (nSPS) is 17.0. The second-order valence-electron chi connectivity index (χ2n) is 6.07. The highest BCUT2D eigenvalue weighted by atomic mass is 16.6. The van der Waals surface area contributed by atoms with Crippen LogP contribution in [-0.4, -0.2) is 31.7 Å². The van der Waals surface area contributed by atoms with Gasteiger partial charge in [0.25, 0.3) is 0 Å². The summed E-state index contributed by atoms with van der Waals surface area (Å²) in [5.41, 5.74) is 1.45. The highest BCUT2D eigenvalue weighted by molar-refractivity contribution is 5.79. The Morgan fingerprint density at radius 3 is 2.69 bits per heavy atom. The van der Waals surface area contributed by atoms with Crippen molar-refractivity contribution in [2.75, 3.05) is 20.8 Å². The lowest BCUT2D eigenvalue weighted by Gasteiger charge is -2.29. The molecular formula is C19H19NO6. The summed E-state index contributed by atoms with van der Waals surface area (Å²) < 4.78 is 16.0. The number of fused-ring (bicyclic) bond motifs is 1. The van der Waals surface area contributed by atoms with E-state index >= 15 is 0 Å². The number of nitro groups is 1. The minimum atomic E-state index is -0.674. The van der Waals surface area contributed by atoms with E-state index < -0.39 is 29.3 Å². The molecule has 0 saturated heterocycles. The standard InChI is InChI=1S/C19H19NO6/c1-24-13-7-8-14(18(10-13)25-2)16(11-20(22)23)15-9-12-5-3-4-6-17(12)26-19(15)21/h3-8,10,15-16H,9,11H2,1-2H3/t15-,16-/m1/s1. The molecule has 2 atom stereocenters. The number of carbonyl (C=O) groups is 1. The van der Waals surface area contributed by atoms with Gasteiger partial charge in [0, 0.05) is 16.6 Å². The second kappa shape index (κ2) is 7.43. The Morgan fingerprint density at radius 1 is 1.23 bits per heavy atom. The number of rotatable bonds is 6. The molecule has 7 heteroatoms. The third kappa shape index (κ3) is 3.46. The summed E-state index contributed by atoms with van der Waals surface area (Å²) >= 11 is 0. The summed E-state index contributed by atoms with van der Waals surface area (Å²) in [6, 6.07) is 12.3. The fourth-order valence-electron chi connectivity index (χ4n) is 3.31. The van der Waals surface area contributed by atoms with Gasteiger partial charge < -0.3 is 14.2 Å². The number of benzene rings is 2. The molecule has 1 aliphatic heterocycles. The van der Waals surface area contributed by atoms with E-state index in [1.165, 1.54) is 14.2 Å². The van der Waals surface area contributed by atoms with Crippen LogP contribution in [0.5, 0.6) is 17.2 Å². The van der Waals surface area contributed by atoms with Crippen LogP contribution >= 0.6 is 0 Å². The molecule has 0 amide bonds. The first kappa shape index (κ1) is 17.7. The Balaban J connectivity index is 2.02. The molecule has 0 aromatic heterocycles. The molecule has 2 aromatic carbocycles. The van der Waals surface area contributed by atoms with E-state index in [1.807, 2.05) is 12.1 Å². The quantitative estimate of drug-likeness (QED) is 0.342. The predicted octanol–water partition coefficient (Wildman–Crippen LogP) is 2.84. The summed E-state index contributed by atoms with van der Waals surface area (Å²) in [5, 5.41) is 11.3. The van der Waals surface area contributed by atoms with E-state index in [0.717, 1.165) is 5.56 Å². The van der Waals surface area contributed by atoms with Gasteiger partial charge in [-0.1, -0.05) is 24.3 Å². The van der Waals surface area contributed by atoms with Crippen molar-refractivity contribution in [3.8, 4) is 17.2 Å². The number of hydrogen-bond acceptors (Lipinski definition) is 6. The summed E-state index contributed by atoms with van der Waals surface area (Å²) in [4.78, 5) is 23.4. The van der Waals surface area contributed by atoms with E-state index in [4.69, 9.17) is 14.2 Å². The molecule has 7 nitrogen and oxygen atoms in total. The van der Waals surface area contributed by atoms with Crippen LogP contribution in [0.15, 0.2) is 42.5 Å². The Morgan fingerprint density at radius 2 is 2.00 bits per heavy atom. The average molecular weight is 357 g/mol. The first-order valence-electron chi connectivity index (χ1n) is 8.16. The maximum atomic E-state index is 12.6. The molecule has 0 fully saturated rings. The van der Waals surface area contributed by atoms with Crippen LogP contribution in [0.1, 0.15) is 17.0 Å². The van der Waals surface area contributed by atoms with Crippen LogP contribution in [-0.2, 0) is 11.2 Å². The Bertz CT molecular complexity index is 835. The summed E-state index contributed by atoms with van der Waals surface area (Å²) in [6.45, 7) is -0.398. The molecule has 0 saturated carbocycles. The number of para-hydroxylation sites is 1. The smallest absolute Gasteiger partial charge is 0.315 e. The number of methoxy groups -OCH3 is 2. The molecule has 0 spiro atoms. The van der Waals surface area contributed by atoms with E-state index in [1.54, 1.807) is 30.3 Å². The summed E-state index contributed by atoms with van der Waals surface area (Å²) in [5.74, 6) is -0.280. The second-order valence-corrected chi connectivity index (χ2v) is 6.07. The van der Waals surface area contributed by atoms with Crippen molar-refractivity contribution >= 4 is 5.97 Å². The number of nitrogens with zero attached hydrogens (tertiary/aromatic N) is 1. The maximum Gasteiger partial charge on any atom is 0.315 e. The van der Waals surface area contributed by atoms with Crippen LogP contribution < -0.4 is 14.2 Å². The van der Waals surface area contributed by atoms with Crippen molar-refractivity contribution in [1.82, 2.24) is 0 Å². The molecule has 0 N–H and O–H groups in total. The van der Waals surface area contributed by atoms with Gasteiger partial charge in [-0.05, 0) is 24.1 Å². The molecule has 0 aliphatic carbocycles. The molecule has 0 radical (unpaired) electrons. The average Bonchev–Trinajstić information content (AvgIpc) is 2.65. The van der Waals surface area contributed by atoms with Gasteiger partial charge in [-0.15, -0.1) is 0 Å². The van der Waals surface area contributed by atoms with Crippen LogP contribution in [0.25, 0.3) is 0 Å². The van der Waals surface area contributed by atoms with Gasteiger partial charge in [-0.3, -0.25) is 14.9 Å². The molecule has 3 rings (SSSR count). The largest absolute Gasteiger partial charge is 0.497 e. The fourth-order valence-corrected chi connectivity index (χ4v) is 3.31. The topological polar surface area (TPSA) is 87.9 Å². The monoisotopic (exact) mass is 357 g/mol. The van der Waals surface area contributed by atoms with Gasteiger partial charge in [0.2, 0.25) is 6.54 Å². The van der Waals surface area contributed by atoms with Gasteiger partial charge in [0.05, 0.1) is 26.1 Å². The zero-order valence-electron chi connectivity index (χ0n) is 14.5. The van der Waals surface area contributed by atoms with Crippen LogP contribution in [0, 0.1) is 16.0 Å². The van der Waals surface area contributed by atoms with Crippen LogP contribution in [0.2, 0.25) is 0 Å². The predicted molar refractivity (Wildman–Crippen MR) is 93.4 cm³/mol. The van der Waals surface area contributed by atoms with Gasteiger partial charge in [0.15, 0.2) is 0 Å². The molecule has 1 heterocycles.